The van der Waals surface area contributed by atoms with Crippen LogP contribution in [-0.4, -0.2) is 78.1 Å². The van der Waals surface area contributed by atoms with Crippen LogP contribution < -0.4 is 0 Å². The van der Waals surface area contributed by atoms with Crippen molar-refractivity contribution in [3.05, 3.63) is 12.7 Å². The van der Waals surface area contributed by atoms with E-state index in [4.69, 9.17) is 33.2 Å². The maximum Gasteiger partial charge on any atom is 0.157 e. The SMILES string of the molecule is C=CCOCC(COCCOC1CCCCO1)OCCOC1CCCCO1. The molecule has 0 aromatic rings. The van der Waals surface area contributed by atoms with E-state index >= 15 is 0 Å². The molecule has 0 spiro atoms. The van der Waals surface area contributed by atoms with Gasteiger partial charge in [0, 0.05) is 13.2 Å². The van der Waals surface area contributed by atoms with Crippen molar-refractivity contribution in [2.75, 3.05) is 59.5 Å². The highest BCUT2D eigenvalue weighted by atomic mass is 16.7. The maximum absolute atomic E-state index is 5.85. The van der Waals surface area contributed by atoms with Crippen molar-refractivity contribution < 1.29 is 33.2 Å². The fourth-order valence-electron chi connectivity index (χ4n) is 2.96. The minimum atomic E-state index is -0.147. The molecule has 158 valence electrons. The van der Waals surface area contributed by atoms with Crippen LogP contribution in [0.4, 0.5) is 0 Å². The van der Waals surface area contributed by atoms with Crippen LogP contribution in [0.2, 0.25) is 0 Å². The summed E-state index contributed by atoms with van der Waals surface area (Å²) in [6.45, 7) is 8.65. The lowest BCUT2D eigenvalue weighted by molar-refractivity contribution is -0.178. The Morgan fingerprint density at radius 2 is 1.44 bits per heavy atom. The zero-order chi connectivity index (χ0) is 19.0. The molecule has 3 unspecified atom stereocenters. The van der Waals surface area contributed by atoms with Crippen LogP contribution in [0.25, 0.3) is 0 Å². The fourth-order valence-corrected chi connectivity index (χ4v) is 2.96. The highest BCUT2D eigenvalue weighted by Crippen LogP contribution is 2.14. The highest BCUT2D eigenvalue weighted by Gasteiger charge is 2.16. The molecule has 2 aliphatic heterocycles. The van der Waals surface area contributed by atoms with Gasteiger partial charge in [0.2, 0.25) is 0 Å². The van der Waals surface area contributed by atoms with E-state index in [1.54, 1.807) is 6.08 Å². The topological polar surface area (TPSA) is 64.6 Å². The lowest BCUT2D eigenvalue weighted by Gasteiger charge is -2.24. The quantitative estimate of drug-likeness (QED) is 0.316. The molecule has 2 heterocycles. The summed E-state index contributed by atoms with van der Waals surface area (Å²) in [5.74, 6) is 0. The molecule has 2 rings (SSSR count). The van der Waals surface area contributed by atoms with Gasteiger partial charge in [-0.2, -0.15) is 0 Å². The summed E-state index contributed by atoms with van der Waals surface area (Å²) >= 11 is 0. The van der Waals surface area contributed by atoms with Gasteiger partial charge in [-0.05, 0) is 38.5 Å². The third-order valence-electron chi connectivity index (χ3n) is 4.39. The fraction of sp³-hybridized carbons (Fsp3) is 0.900. The van der Waals surface area contributed by atoms with Gasteiger partial charge in [-0.25, -0.2) is 0 Å². The molecular weight excluding hydrogens is 352 g/mol. The van der Waals surface area contributed by atoms with Crippen molar-refractivity contribution >= 4 is 0 Å². The molecule has 27 heavy (non-hydrogen) atoms. The molecular formula is C20H36O7. The molecule has 0 aromatic heterocycles. The van der Waals surface area contributed by atoms with Crippen LogP contribution >= 0.6 is 0 Å². The Bertz CT molecular complexity index is 354. The van der Waals surface area contributed by atoms with E-state index in [0.29, 0.717) is 46.2 Å². The minimum Gasteiger partial charge on any atom is -0.376 e. The summed E-state index contributed by atoms with van der Waals surface area (Å²) < 4.78 is 39.5. The predicted octanol–water partition coefficient (Wildman–Crippen LogP) is 2.68. The molecule has 0 bridgehead atoms. The van der Waals surface area contributed by atoms with Gasteiger partial charge in [0.05, 0.1) is 46.2 Å². The van der Waals surface area contributed by atoms with Crippen LogP contribution in [-0.2, 0) is 33.2 Å². The Morgan fingerprint density at radius 1 is 0.815 bits per heavy atom. The second kappa shape index (κ2) is 15.4. The van der Waals surface area contributed by atoms with Gasteiger partial charge in [-0.15, -0.1) is 6.58 Å². The summed E-state index contributed by atoms with van der Waals surface area (Å²) in [6.07, 6.45) is 7.89. The highest BCUT2D eigenvalue weighted by molar-refractivity contribution is 4.65. The normalized spacial score (nSPS) is 24.6. The Labute approximate surface area is 163 Å². The van der Waals surface area contributed by atoms with E-state index in [2.05, 4.69) is 6.58 Å². The lowest BCUT2D eigenvalue weighted by Crippen LogP contribution is -2.30. The van der Waals surface area contributed by atoms with E-state index < -0.39 is 0 Å². The van der Waals surface area contributed by atoms with Crippen LogP contribution in [0.1, 0.15) is 38.5 Å². The molecule has 3 atom stereocenters. The second-order valence-corrected chi connectivity index (χ2v) is 6.73. The van der Waals surface area contributed by atoms with Crippen molar-refractivity contribution in [1.82, 2.24) is 0 Å². The first-order valence-electron chi connectivity index (χ1n) is 10.2. The molecule has 2 saturated heterocycles. The summed E-state index contributed by atoms with van der Waals surface area (Å²) in [5.41, 5.74) is 0. The number of hydrogen-bond donors (Lipinski definition) is 0. The summed E-state index contributed by atoms with van der Waals surface area (Å²) in [4.78, 5) is 0. The van der Waals surface area contributed by atoms with Crippen LogP contribution in [0.5, 0.6) is 0 Å². The van der Waals surface area contributed by atoms with E-state index in [1.807, 2.05) is 0 Å². The lowest BCUT2D eigenvalue weighted by atomic mass is 10.2. The monoisotopic (exact) mass is 388 g/mol. The third-order valence-corrected chi connectivity index (χ3v) is 4.39. The molecule has 0 radical (unpaired) electrons. The van der Waals surface area contributed by atoms with Gasteiger partial charge in [0.15, 0.2) is 12.6 Å². The minimum absolute atomic E-state index is 0.0792. The Morgan fingerprint density at radius 3 is 2.04 bits per heavy atom. The van der Waals surface area contributed by atoms with Crippen molar-refractivity contribution in [2.45, 2.75) is 57.2 Å². The van der Waals surface area contributed by atoms with E-state index in [0.717, 1.165) is 51.7 Å². The number of ether oxygens (including phenoxy) is 7. The van der Waals surface area contributed by atoms with Crippen LogP contribution in [0.3, 0.4) is 0 Å². The average Bonchev–Trinajstić information content (AvgIpc) is 2.72. The predicted molar refractivity (Wildman–Crippen MR) is 101 cm³/mol. The molecule has 0 saturated carbocycles. The Hall–Kier alpha value is -0.540. The summed E-state index contributed by atoms with van der Waals surface area (Å²) in [7, 11) is 0. The molecule has 0 amide bonds. The molecule has 0 aliphatic carbocycles. The van der Waals surface area contributed by atoms with Gasteiger partial charge in [-0.1, -0.05) is 6.08 Å². The molecule has 7 heteroatoms. The smallest absolute Gasteiger partial charge is 0.157 e. The van der Waals surface area contributed by atoms with Gasteiger partial charge < -0.3 is 33.2 Å². The molecule has 0 N–H and O–H groups in total. The average molecular weight is 389 g/mol. The van der Waals surface area contributed by atoms with Gasteiger partial charge in [0.25, 0.3) is 0 Å². The first-order chi connectivity index (χ1) is 13.4. The zero-order valence-electron chi connectivity index (χ0n) is 16.5. The van der Waals surface area contributed by atoms with Crippen LogP contribution in [0, 0.1) is 0 Å². The van der Waals surface area contributed by atoms with Crippen molar-refractivity contribution in [1.29, 1.82) is 0 Å². The zero-order valence-corrected chi connectivity index (χ0v) is 16.5. The van der Waals surface area contributed by atoms with Crippen molar-refractivity contribution in [2.24, 2.45) is 0 Å². The first kappa shape index (κ1) is 22.7. The molecule has 2 fully saturated rings. The molecule has 2 aliphatic rings. The van der Waals surface area contributed by atoms with Crippen LogP contribution in [0.15, 0.2) is 12.7 Å². The van der Waals surface area contributed by atoms with Crippen molar-refractivity contribution in [3.8, 4) is 0 Å². The Kier molecular flexibility index (Phi) is 13.0. The van der Waals surface area contributed by atoms with Crippen molar-refractivity contribution in [3.63, 3.8) is 0 Å². The summed E-state index contributed by atoms with van der Waals surface area (Å²) in [6, 6.07) is 0. The van der Waals surface area contributed by atoms with E-state index in [-0.39, 0.29) is 18.7 Å². The van der Waals surface area contributed by atoms with Gasteiger partial charge >= 0.3 is 0 Å². The second-order valence-electron chi connectivity index (χ2n) is 6.73. The molecule has 7 nitrogen and oxygen atoms in total. The number of rotatable bonds is 15. The van der Waals surface area contributed by atoms with E-state index in [9.17, 15) is 0 Å². The summed E-state index contributed by atoms with van der Waals surface area (Å²) in [5, 5.41) is 0. The number of hydrogen-bond acceptors (Lipinski definition) is 7. The van der Waals surface area contributed by atoms with Gasteiger partial charge in [0.1, 0.15) is 6.10 Å². The largest absolute Gasteiger partial charge is 0.376 e. The van der Waals surface area contributed by atoms with Gasteiger partial charge in [-0.3, -0.25) is 0 Å². The third kappa shape index (κ3) is 11.1. The maximum atomic E-state index is 5.85. The standard InChI is InChI=1S/C20H36O7/c1-2-9-21-16-18(23-14-15-27-20-8-4-6-11-25-20)17-22-12-13-26-19-7-3-5-10-24-19/h2,18-20H,1,3-17H2. The Balaban J connectivity index is 1.52. The van der Waals surface area contributed by atoms with E-state index in [1.165, 1.54) is 0 Å². The molecule has 0 aromatic carbocycles. The first-order valence-corrected chi connectivity index (χ1v) is 10.2.